The molecule has 0 aliphatic heterocycles. The van der Waals surface area contributed by atoms with E-state index in [1.54, 1.807) is 0 Å². The van der Waals surface area contributed by atoms with Crippen LogP contribution in [0.5, 0.6) is 0 Å². The molecule has 0 saturated heterocycles. The monoisotopic (exact) mass is 669 g/mol. The van der Waals surface area contributed by atoms with Crippen molar-refractivity contribution in [2.75, 3.05) is 0 Å². The smallest absolute Gasteiger partial charge is 0.0613 e. The molecule has 0 fully saturated rings. The molecule has 3 rings (SSSR count). The second kappa shape index (κ2) is 8.73. The van der Waals surface area contributed by atoms with E-state index in [0.29, 0.717) is 0 Å². The number of hydrogen-bond acceptors (Lipinski definition) is 0. The Labute approximate surface area is 187 Å². The molecule has 0 N–H and O–H groups in total. The summed E-state index contributed by atoms with van der Waals surface area (Å²) in [4.78, 5) is 4.13. The minimum Gasteiger partial charge on any atom is -0.0613 e. The number of benzene rings is 3. The van der Waals surface area contributed by atoms with Gasteiger partial charge in [-0.2, -0.15) is 0 Å². The molecule has 3 aromatic carbocycles. The first-order valence-electron chi connectivity index (χ1n) is 7.62. The van der Waals surface area contributed by atoms with E-state index in [4.69, 9.17) is 0 Å². The Hall–Kier alpha value is 0.200. The Morgan fingerprint density at radius 2 is 1.21 bits per heavy atom. The van der Waals surface area contributed by atoms with Gasteiger partial charge in [-0.3, -0.25) is 0 Å². The van der Waals surface area contributed by atoms with Crippen LogP contribution in [0.4, 0.5) is 0 Å². The summed E-state index contributed by atoms with van der Waals surface area (Å²) in [5.41, 5.74) is 1.39. The predicted octanol–water partition coefficient (Wildman–Crippen LogP) is 7.16. The fraction of sp³-hybridized carbons (Fsp3) is 0.100. The molecular weight excluding hydrogens is 653 g/mol. The standard InChI is InChI=1S/C20H16I3S/c1-2-14-3-7-16(8-4-14)24(17-9-5-15(21)6-10-17)18-11-12-19(22)20(23)13-18/h3-13H,2H2,1H3/q+1. The molecule has 0 aliphatic rings. The van der Waals surface area contributed by atoms with Crippen LogP contribution in [0.2, 0.25) is 0 Å². The van der Waals surface area contributed by atoms with Gasteiger partial charge in [-0.15, -0.1) is 0 Å². The van der Waals surface area contributed by atoms with Gasteiger partial charge >= 0.3 is 0 Å². The third-order valence-electron chi connectivity index (χ3n) is 3.74. The molecule has 0 radical (unpaired) electrons. The fourth-order valence-electron chi connectivity index (χ4n) is 2.44. The van der Waals surface area contributed by atoms with Gasteiger partial charge in [0.1, 0.15) is 0 Å². The SMILES string of the molecule is CCc1ccc([S+](c2ccc(I)cc2)c2ccc(I)c(I)c2)cc1. The van der Waals surface area contributed by atoms with Crippen molar-refractivity contribution in [1.82, 2.24) is 0 Å². The van der Waals surface area contributed by atoms with Gasteiger partial charge in [-0.25, -0.2) is 0 Å². The summed E-state index contributed by atoms with van der Waals surface area (Å²) >= 11 is 7.21. The average Bonchev–Trinajstić information content (AvgIpc) is 2.60. The first kappa shape index (κ1) is 19.0. The zero-order chi connectivity index (χ0) is 17.1. The highest BCUT2D eigenvalue weighted by molar-refractivity contribution is 14.1. The molecule has 4 heteroatoms. The maximum absolute atomic E-state index is 2.43. The van der Waals surface area contributed by atoms with Crippen LogP contribution in [0.3, 0.4) is 0 Å². The van der Waals surface area contributed by atoms with E-state index in [-0.39, 0.29) is 10.9 Å². The molecule has 0 heterocycles. The molecule has 0 aliphatic carbocycles. The number of aryl methyl sites for hydroxylation is 1. The van der Waals surface area contributed by atoms with Gasteiger partial charge in [0, 0.05) is 16.8 Å². The molecule has 3 aromatic rings. The quantitative estimate of drug-likeness (QED) is 0.205. The minimum atomic E-state index is -0.0632. The fourth-order valence-corrected chi connectivity index (χ4v) is 5.94. The number of halogens is 3. The lowest BCUT2D eigenvalue weighted by Crippen LogP contribution is -2.05. The second-order valence-corrected chi connectivity index (χ2v) is 10.9. The van der Waals surface area contributed by atoms with Crippen LogP contribution in [0.15, 0.2) is 81.4 Å². The van der Waals surface area contributed by atoms with E-state index in [9.17, 15) is 0 Å². The molecule has 1 atom stereocenters. The van der Waals surface area contributed by atoms with Gasteiger partial charge in [0.15, 0.2) is 14.7 Å². The van der Waals surface area contributed by atoms with E-state index < -0.39 is 0 Å². The van der Waals surface area contributed by atoms with E-state index in [2.05, 4.69) is 141 Å². The van der Waals surface area contributed by atoms with E-state index >= 15 is 0 Å². The zero-order valence-electron chi connectivity index (χ0n) is 13.1. The van der Waals surface area contributed by atoms with Crippen molar-refractivity contribution in [2.45, 2.75) is 28.0 Å². The van der Waals surface area contributed by atoms with Crippen LogP contribution in [0.25, 0.3) is 0 Å². The lowest BCUT2D eigenvalue weighted by molar-refractivity contribution is 1.13. The Kier molecular flexibility index (Phi) is 6.90. The number of hydrogen-bond donors (Lipinski definition) is 0. The molecule has 0 amide bonds. The van der Waals surface area contributed by atoms with E-state index in [1.807, 2.05) is 0 Å². The third kappa shape index (κ3) is 4.48. The molecule has 0 spiro atoms. The Bertz CT molecular complexity index is 827. The first-order chi connectivity index (χ1) is 11.6. The summed E-state index contributed by atoms with van der Waals surface area (Å²) in [7, 11) is -0.0632. The molecule has 0 aromatic heterocycles. The van der Waals surface area contributed by atoms with Crippen molar-refractivity contribution in [3.8, 4) is 0 Å². The van der Waals surface area contributed by atoms with Gasteiger partial charge in [0.25, 0.3) is 0 Å². The van der Waals surface area contributed by atoms with E-state index in [1.165, 1.54) is 31.0 Å². The van der Waals surface area contributed by atoms with Crippen molar-refractivity contribution >= 4 is 78.7 Å². The van der Waals surface area contributed by atoms with Crippen molar-refractivity contribution in [2.24, 2.45) is 0 Å². The van der Waals surface area contributed by atoms with Gasteiger partial charge < -0.3 is 0 Å². The van der Waals surface area contributed by atoms with Crippen LogP contribution in [-0.4, -0.2) is 0 Å². The Morgan fingerprint density at radius 3 is 1.75 bits per heavy atom. The van der Waals surface area contributed by atoms with Gasteiger partial charge in [0.05, 0.1) is 10.9 Å². The first-order valence-corrected chi connectivity index (χ1v) is 12.1. The summed E-state index contributed by atoms with van der Waals surface area (Å²) in [6.07, 6.45) is 1.08. The van der Waals surface area contributed by atoms with Gasteiger partial charge in [-0.1, -0.05) is 19.1 Å². The maximum Gasteiger partial charge on any atom is 0.167 e. The van der Waals surface area contributed by atoms with Crippen molar-refractivity contribution in [1.29, 1.82) is 0 Å². The predicted molar refractivity (Wildman–Crippen MR) is 129 cm³/mol. The minimum absolute atomic E-state index is 0.0632. The maximum atomic E-state index is 2.43. The second-order valence-electron chi connectivity index (χ2n) is 5.33. The molecular formula is C20H16I3S+. The van der Waals surface area contributed by atoms with Gasteiger partial charge in [-0.05, 0) is 128 Å². The van der Waals surface area contributed by atoms with Crippen LogP contribution >= 0.6 is 67.8 Å². The largest absolute Gasteiger partial charge is 0.167 e. The van der Waals surface area contributed by atoms with Crippen molar-refractivity contribution < 1.29 is 0 Å². The number of rotatable bonds is 4. The van der Waals surface area contributed by atoms with Crippen LogP contribution in [-0.2, 0) is 17.3 Å². The average molecular weight is 669 g/mol. The van der Waals surface area contributed by atoms with Crippen molar-refractivity contribution in [3.05, 3.63) is 83.0 Å². The molecule has 0 bridgehead atoms. The lowest BCUT2D eigenvalue weighted by Gasteiger charge is -2.09. The molecule has 24 heavy (non-hydrogen) atoms. The highest BCUT2D eigenvalue weighted by atomic mass is 127. The highest BCUT2D eigenvalue weighted by Gasteiger charge is 2.29. The van der Waals surface area contributed by atoms with Crippen LogP contribution in [0, 0.1) is 10.7 Å². The highest BCUT2D eigenvalue weighted by Crippen LogP contribution is 2.33. The van der Waals surface area contributed by atoms with Crippen LogP contribution < -0.4 is 0 Å². The third-order valence-corrected chi connectivity index (χ3v) is 9.54. The molecule has 0 nitrogen and oxygen atoms in total. The van der Waals surface area contributed by atoms with Crippen LogP contribution in [0.1, 0.15) is 12.5 Å². The van der Waals surface area contributed by atoms with Crippen molar-refractivity contribution in [3.63, 3.8) is 0 Å². The molecule has 1 unspecified atom stereocenters. The zero-order valence-corrected chi connectivity index (χ0v) is 20.4. The lowest BCUT2D eigenvalue weighted by atomic mass is 10.2. The summed E-state index contributed by atoms with van der Waals surface area (Å²) in [6, 6.07) is 24.9. The summed E-state index contributed by atoms with van der Waals surface area (Å²) in [5.74, 6) is 0. The van der Waals surface area contributed by atoms with Gasteiger partial charge in [0.2, 0.25) is 0 Å². The Balaban J connectivity index is 2.11. The summed E-state index contributed by atoms with van der Waals surface area (Å²) < 4.78 is 3.90. The summed E-state index contributed by atoms with van der Waals surface area (Å²) in [5, 5.41) is 0. The summed E-state index contributed by atoms with van der Waals surface area (Å²) in [6.45, 7) is 2.20. The normalized spacial score (nSPS) is 12.2. The molecule has 0 saturated carbocycles. The Morgan fingerprint density at radius 1 is 0.667 bits per heavy atom. The molecule has 122 valence electrons. The topological polar surface area (TPSA) is 0 Å². The van der Waals surface area contributed by atoms with E-state index in [0.717, 1.165) is 6.42 Å².